The first-order chi connectivity index (χ1) is 11.0. The minimum atomic E-state index is -0.935. The van der Waals surface area contributed by atoms with Crippen molar-refractivity contribution in [2.75, 3.05) is 6.61 Å². The first-order valence-electron chi connectivity index (χ1n) is 7.07. The Hall–Kier alpha value is -2.11. The van der Waals surface area contributed by atoms with Gasteiger partial charge in [0.1, 0.15) is 11.6 Å². The summed E-state index contributed by atoms with van der Waals surface area (Å²) in [5, 5.41) is 13.4. The Morgan fingerprint density at radius 3 is 2.43 bits per heavy atom. The summed E-state index contributed by atoms with van der Waals surface area (Å²) in [6.45, 7) is 1.48. The van der Waals surface area contributed by atoms with E-state index in [-0.39, 0.29) is 18.3 Å². The van der Waals surface area contributed by atoms with Crippen LogP contribution < -0.4 is 10.1 Å². The van der Waals surface area contributed by atoms with Crippen LogP contribution in [0.15, 0.2) is 48.5 Å². The van der Waals surface area contributed by atoms with Crippen LogP contribution in [0.3, 0.4) is 0 Å². The van der Waals surface area contributed by atoms with Gasteiger partial charge in [-0.2, -0.15) is 0 Å². The predicted octanol–water partition coefficient (Wildman–Crippen LogP) is 3.10. The molecule has 0 heterocycles. The van der Waals surface area contributed by atoms with Crippen molar-refractivity contribution in [1.29, 1.82) is 0 Å². The minimum Gasteiger partial charge on any atom is -0.484 e. The highest BCUT2D eigenvalue weighted by Crippen LogP contribution is 2.17. The minimum absolute atomic E-state index is 0.178. The van der Waals surface area contributed by atoms with Crippen molar-refractivity contribution < 1.29 is 19.0 Å². The number of halogens is 2. The number of rotatable bonds is 6. The maximum absolute atomic E-state index is 12.9. The molecule has 2 N–H and O–H groups in total. The molecule has 0 aliphatic heterocycles. The molecule has 6 heteroatoms. The fourth-order valence-electron chi connectivity index (χ4n) is 2.00. The van der Waals surface area contributed by atoms with Crippen molar-refractivity contribution in [1.82, 2.24) is 5.32 Å². The Morgan fingerprint density at radius 1 is 1.22 bits per heavy atom. The lowest BCUT2D eigenvalue weighted by atomic mass is 10.0. The molecule has 2 rings (SSSR count). The Kier molecular flexibility index (Phi) is 5.96. The third-order valence-corrected chi connectivity index (χ3v) is 3.51. The number of benzene rings is 2. The molecule has 0 saturated heterocycles. The van der Waals surface area contributed by atoms with E-state index in [1.165, 1.54) is 24.3 Å². The van der Waals surface area contributed by atoms with E-state index in [0.717, 1.165) is 0 Å². The van der Waals surface area contributed by atoms with Crippen molar-refractivity contribution in [3.63, 3.8) is 0 Å². The highest BCUT2D eigenvalue weighted by molar-refractivity contribution is 6.30. The first kappa shape index (κ1) is 17.2. The topological polar surface area (TPSA) is 58.6 Å². The zero-order valence-corrected chi connectivity index (χ0v) is 13.3. The molecule has 2 aromatic carbocycles. The average Bonchev–Trinajstić information content (AvgIpc) is 2.54. The normalized spacial score (nSPS) is 13.2. The first-order valence-corrected chi connectivity index (χ1v) is 7.45. The molecule has 0 aliphatic carbocycles. The molecule has 122 valence electrons. The monoisotopic (exact) mass is 337 g/mol. The van der Waals surface area contributed by atoms with E-state index < -0.39 is 12.1 Å². The summed E-state index contributed by atoms with van der Waals surface area (Å²) in [7, 11) is 0. The molecule has 0 spiro atoms. The van der Waals surface area contributed by atoms with Crippen LogP contribution in [0.4, 0.5) is 4.39 Å². The Labute approximate surface area is 138 Å². The average molecular weight is 338 g/mol. The van der Waals surface area contributed by atoms with Crippen LogP contribution in [-0.4, -0.2) is 23.7 Å². The second-order valence-corrected chi connectivity index (χ2v) is 5.53. The van der Waals surface area contributed by atoms with Gasteiger partial charge in [-0.25, -0.2) is 4.39 Å². The molecule has 23 heavy (non-hydrogen) atoms. The molecule has 4 nitrogen and oxygen atoms in total. The van der Waals surface area contributed by atoms with Crippen molar-refractivity contribution in [3.05, 3.63) is 64.9 Å². The number of carbonyl (C=O) groups is 1. The van der Waals surface area contributed by atoms with Crippen LogP contribution in [0, 0.1) is 5.82 Å². The van der Waals surface area contributed by atoms with Crippen LogP contribution in [0.25, 0.3) is 0 Å². The molecule has 2 atom stereocenters. The van der Waals surface area contributed by atoms with Crippen LogP contribution in [0.1, 0.15) is 18.6 Å². The molecule has 0 aliphatic rings. The number of carbonyl (C=O) groups excluding carboxylic acids is 1. The quantitative estimate of drug-likeness (QED) is 0.851. The van der Waals surface area contributed by atoms with E-state index in [2.05, 4.69) is 5.32 Å². The van der Waals surface area contributed by atoms with Crippen LogP contribution in [-0.2, 0) is 4.79 Å². The number of aliphatic hydroxyl groups is 1. The molecule has 0 aromatic heterocycles. The van der Waals surface area contributed by atoms with Gasteiger partial charge in [0.2, 0.25) is 0 Å². The van der Waals surface area contributed by atoms with E-state index >= 15 is 0 Å². The van der Waals surface area contributed by atoms with Gasteiger partial charge in [0.25, 0.3) is 5.91 Å². The van der Waals surface area contributed by atoms with Gasteiger partial charge in [0, 0.05) is 5.02 Å². The smallest absolute Gasteiger partial charge is 0.258 e. The summed E-state index contributed by atoms with van der Waals surface area (Å²) in [4.78, 5) is 11.9. The molecular formula is C17H17ClFNO3. The molecular weight excluding hydrogens is 321 g/mol. The van der Waals surface area contributed by atoms with E-state index in [1.807, 2.05) is 0 Å². The zero-order valence-electron chi connectivity index (χ0n) is 12.5. The highest BCUT2D eigenvalue weighted by Gasteiger charge is 2.18. The van der Waals surface area contributed by atoms with Gasteiger partial charge in [-0.3, -0.25) is 4.79 Å². The molecule has 0 fully saturated rings. The number of nitrogens with one attached hydrogen (secondary N) is 1. The highest BCUT2D eigenvalue weighted by atomic mass is 35.5. The standard InChI is InChI=1S/C17H17ClFNO3/c1-11(17(22)12-2-6-14(19)7-3-12)20-16(21)10-23-15-8-4-13(18)5-9-15/h2-9,11,17,22H,10H2,1H3,(H,20,21). The van der Waals surface area contributed by atoms with E-state index in [0.29, 0.717) is 16.3 Å². The summed E-state index contributed by atoms with van der Waals surface area (Å²) in [6.07, 6.45) is -0.935. The van der Waals surface area contributed by atoms with Crippen molar-refractivity contribution in [2.45, 2.75) is 19.1 Å². The van der Waals surface area contributed by atoms with Crippen molar-refractivity contribution >= 4 is 17.5 Å². The van der Waals surface area contributed by atoms with Gasteiger partial charge < -0.3 is 15.2 Å². The van der Waals surface area contributed by atoms with Crippen LogP contribution >= 0.6 is 11.6 Å². The summed E-state index contributed by atoms with van der Waals surface area (Å²) in [5.74, 6) is -0.223. The van der Waals surface area contributed by atoms with Crippen LogP contribution in [0.2, 0.25) is 5.02 Å². The van der Waals surface area contributed by atoms with Gasteiger partial charge in [0.15, 0.2) is 6.61 Å². The van der Waals surface area contributed by atoms with E-state index in [9.17, 15) is 14.3 Å². The van der Waals surface area contributed by atoms with Gasteiger partial charge in [-0.05, 0) is 48.9 Å². The molecule has 0 bridgehead atoms. The third-order valence-electron chi connectivity index (χ3n) is 3.26. The predicted molar refractivity (Wildman–Crippen MR) is 85.9 cm³/mol. The van der Waals surface area contributed by atoms with E-state index in [1.54, 1.807) is 31.2 Å². The van der Waals surface area contributed by atoms with Gasteiger partial charge >= 0.3 is 0 Å². The SMILES string of the molecule is CC(NC(=O)COc1ccc(Cl)cc1)C(O)c1ccc(F)cc1. The number of amides is 1. The Balaban J connectivity index is 1.84. The fraction of sp³-hybridized carbons (Fsp3) is 0.235. The largest absolute Gasteiger partial charge is 0.484 e. The third kappa shape index (κ3) is 5.23. The summed E-state index contributed by atoms with van der Waals surface area (Å²) >= 11 is 5.76. The number of ether oxygens (including phenoxy) is 1. The lowest BCUT2D eigenvalue weighted by Gasteiger charge is -2.20. The van der Waals surface area contributed by atoms with Crippen molar-refractivity contribution in [2.24, 2.45) is 0 Å². The number of aliphatic hydroxyl groups excluding tert-OH is 1. The summed E-state index contributed by atoms with van der Waals surface area (Å²) < 4.78 is 18.2. The fourth-order valence-corrected chi connectivity index (χ4v) is 2.13. The van der Waals surface area contributed by atoms with E-state index in [4.69, 9.17) is 16.3 Å². The second-order valence-electron chi connectivity index (χ2n) is 5.10. The van der Waals surface area contributed by atoms with Gasteiger partial charge in [0.05, 0.1) is 12.1 Å². The maximum atomic E-state index is 12.9. The van der Waals surface area contributed by atoms with Gasteiger partial charge in [-0.15, -0.1) is 0 Å². The van der Waals surface area contributed by atoms with Crippen molar-refractivity contribution in [3.8, 4) is 5.75 Å². The second kappa shape index (κ2) is 7.94. The van der Waals surface area contributed by atoms with Crippen LogP contribution in [0.5, 0.6) is 5.75 Å². The Morgan fingerprint density at radius 2 is 1.83 bits per heavy atom. The molecule has 0 radical (unpaired) electrons. The molecule has 2 aromatic rings. The number of hydrogen-bond acceptors (Lipinski definition) is 3. The molecule has 2 unspecified atom stereocenters. The summed E-state index contributed by atoms with van der Waals surface area (Å²) in [5.41, 5.74) is 0.526. The molecule has 1 amide bonds. The summed E-state index contributed by atoms with van der Waals surface area (Å²) in [6, 6.07) is 11.6. The maximum Gasteiger partial charge on any atom is 0.258 e. The molecule has 0 saturated carbocycles. The number of hydrogen-bond donors (Lipinski definition) is 2. The zero-order chi connectivity index (χ0) is 16.8. The lowest BCUT2D eigenvalue weighted by Crippen LogP contribution is -2.39. The lowest BCUT2D eigenvalue weighted by molar-refractivity contribution is -0.124. The van der Waals surface area contributed by atoms with Gasteiger partial charge in [-0.1, -0.05) is 23.7 Å². The Bertz CT molecular complexity index is 646.